The topological polar surface area (TPSA) is 48.4 Å². The van der Waals surface area contributed by atoms with Crippen molar-refractivity contribution in [3.63, 3.8) is 0 Å². The molecule has 4 nitrogen and oxygen atoms in total. The molecular weight excluding hydrogens is 238 g/mol. The lowest BCUT2D eigenvalue weighted by molar-refractivity contribution is 0.262. The molecule has 1 fully saturated rings. The van der Waals surface area contributed by atoms with Crippen molar-refractivity contribution in [2.75, 3.05) is 29.9 Å². The van der Waals surface area contributed by atoms with E-state index in [0.29, 0.717) is 6.04 Å². The van der Waals surface area contributed by atoms with E-state index in [1.807, 2.05) is 6.20 Å². The molecule has 0 radical (unpaired) electrons. The zero-order chi connectivity index (χ0) is 13.5. The Morgan fingerprint density at radius 2 is 2.37 bits per heavy atom. The van der Waals surface area contributed by atoms with Crippen LogP contribution in [0, 0.1) is 0 Å². The summed E-state index contributed by atoms with van der Waals surface area (Å²) in [6.07, 6.45) is 7.52. The fourth-order valence-electron chi connectivity index (χ4n) is 2.74. The van der Waals surface area contributed by atoms with E-state index in [2.05, 4.69) is 34.3 Å². The van der Waals surface area contributed by atoms with Gasteiger partial charge in [-0.3, -0.25) is 0 Å². The molecule has 1 saturated heterocycles. The van der Waals surface area contributed by atoms with E-state index in [4.69, 9.17) is 0 Å². The maximum atomic E-state index is 9.20. The minimum Gasteiger partial charge on any atom is -0.396 e. The monoisotopic (exact) mass is 263 g/mol. The van der Waals surface area contributed by atoms with E-state index in [0.717, 1.165) is 31.7 Å². The summed E-state index contributed by atoms with van der Waals surface area (Å²) >= 11 is 0. The van der Waals surface area contributed by atoms with Crippen LogP contribution in [0.2, 0.25) is 0 Å². The molecule has 0 bridgehead atoms. The van der Waals surface area contributed by atoms with Crippen molar-refractivity contribution < 1.29 is 5.11 Å². The van der Waals surface area contributed by atoms with Gasteiger partial charge in [-0.25, -0.2) is 4.98 Å². The number of aromatic nitrogens is 1. The second-order valence-corrected chi connectivity index (χ2v) is 5.18. The summed E-state index contributed by atoms with van der Waals surface area (Å²) in [5.41, 5.74) is 1.23. The summed E-state index contributed by atoms with van der Waals surface area (Å²) in [5, 5.41) is 12.5. The fraction of sp³-hybridized carbons (Fsp3) is 0.667. The third-order valence-electron chi connectivity index (χ3n) is 3.72. The molecule has 0 saturated carbocycles. The van der Waals surface area contributed by atoms with Gasteiger partial charge in [0.1, 0.15) is 5.82 Å². The van der Waals surface area contributed by atoms with Crippen LogP contribution >= 0.6 is 0 Å². The molecule has 1 aromatic heterocycles. The molecule has 1 aliphatic rings. The van der Waals surface area contributed by atoms with E-state index in [-0.39, 0.29) is 6.61 Å². The van der Waals surface area contributed by atoms with Gasteiger partial charge in [-0.05, 0) is 38.2 Å². The van der Waals surface area contributed by atoms with Gasteiger partial charge >= 0.3 is 0 Å². The maximum Gasteiger partial charge on any atom is 0.127 e. The molecule has 0 spiro atoms. The highest BCUT2D eigenvalue weighted by molar-refractivity contribution is 5.54. The van der Waals surface area contributed by atoms with E-state index in [1.54, 1.807) is 0 Å². The Hall–Kier alpha value is -1.29. The van der Waals surface area contributed by atoms with Crippen LogP contribution in [0.3, 0.4) is 0 Å². The first-order chi connectivity index (χ1) is 9.35. The normalized spacial score (nSPS) is 19.5. The molecule has 1 aliphatic heterocycles. The average Bonchev–Trinajstić information content (AvgIpc) is 2.46. The van der Waals surface area contributed by atoms with Gasteiger partial charge in [0.15, 0.2) is 0 Å². The lowest BCUT2D eigenvalue weighted by Crippen LogP contribution is -2.40. The van der Waals surface area contributed by atoms with Crippen LogP contribution in [0.25, 0.3) is 0 Å². The summed E-state index contributed by atoms with van der Waals surface area (Å²) in [6.45, 7) is 4.46. The van der Waals surface area contributed by atoms with E-state index in [9.17, 15) is 5.11 Å². The van der Waals surface area contributed by atoms with Gasteiger partial charge in [0.25, 0.3) is 0 Å². The number of nitrogens with one attached hydrogen (secondary N) is 1. The first-order valence-corrected chi connectivity index (χ1v) is 7.42. The van der Waals surface area contributed by atoms with Crippen LogP contribution in [0.15, 0.2) is 18.3 Å². The van der Waals surface area contributed by atoms with E-state index >= 15 is 0 Å². The van der Waals surface area contributed by atoms with Crippen molar-refractivity contribution >= 4 is 11.5 Å². The molecule has 2 rings (SSSR count). The number of anilines is 2. The van der Waals surface area contributed by atoms with Gasteiger partial charge in [-0.15, -0.1) is 0 Å². The van der Waals surface area contributed by atoms with Crippen LogP contribution in [-0.4, -0.2) is 35.8 Å². The number of rotatable bonds is 6. The fourth-order valence-corrected chi connectivity index (χ4v) is 2.74. The summed E-state index contributed by atoms with van der Waals surface area (Å²) < 4.78 is 0. The molecule has 4 heteroatoms. The molecule has 19 heavy (non-hydrogen) atoms. The number of pyridine rings is 1. The molecule has 0 amide bonds. The molecule has 0 aromatic carbocycles. The lowest BCUT2D eigenvalue weighted by Gasteiger charge is -2.37. The molecule has 0 aliphatic carbocycles. The molecule has 2 N–H and O–H groups in total. The van der Waals surface area contributed by atoms with Crippen molar-refractivity contribution in [1.29, 1.82) is 0 Å². The predicted octanol–water partition coefficient (Wildman–Crippen LogP) is 2.64. The van der Waals surface area contributed by atoms with Crippen LogP contribution in [0.5, 0.6) is 0 Å². The smallest absolute Gasteiger partial charge is 0.127 e. The summed E-state index contributed by atoms with van der Waals surface area (Å²) in [7, 11) is 0. The number of hydrogen-bond donors (Lipinski definition) is 2. The molecule has 1 aromatic rings. The van der Waals surface area contributed by atoms with Gasteiger partial charge < -0.3 is 15.3 Å². The third-order valence-corrected chi connectivity index (χ3v) is 3.72. The number of aliphatic hydroxyl groups is 1. The first-order valence-electron chi connectivity index (χ1n) is 7.42. The van der Waals surface area contributed by atoms with Crippen LogP contribution in [0.4, 0.5) is 11.5 Å². The number of nitrogens with zero attached hydrogens (tertiary/aromatic N) is 2. The zero-order valence-corrected chi connectivity index (χ0v) is 11.8. The van der Waals surface area contributed by atoms with Crippen molar-refractivity contribution in [3.8, 4) is 0 Å². The Kier molecular flexibility index (Phi) is 5.45. The van der Waals surface area contributed by atoms with Gasteiger partial charge in [-0.1, -0.05) is 6.92 Å². The molecule has 1 atom stereocenters. The van der Waals surface area contributed by atoms with Crippen molar-refractivity contribution in [2.45, 2.75) is 45.1 Å². The minimum atomic E-state index is 0.271. The van der Waals surface area contributed by atoms with Gasteiger partial charge in [0.2, 0.25) is 0 Å². The molecule has 1 unspecified atom stereocenters. The highest BCUT2D eigenvalue weighted by atomic mass is 16.3. The second kappa shape index (κ2) is 7.34. The highest BCUT2D eigenvalue weighted by Gasteiger charge is 2.22. The van der Waals surface area contributed by atoms with Crippen molar-refractivity contribution in [2.24, 2.45) is 0 Å². The Morgan fingerprint density at radius 1 is 1.47 bits per heavy atom. The molecule has 106 valence electrons. The Labute approximate surface area is 115 Å². The third kappa shape index (κ3) is 3.83. The maximum absolute atomic E-state index is 9.20. The SMILES string of the molecule is CCCNc1cc(N2CCCCC2CCO)ccn1. The quantitative estimate of drug-likeness (QED) is 0.828. The Balaban J connectivity index is 2.09. The lowest BCUT2D eigenvalue weighted by atomic mass is 9.99. The van der Waals surface area contributed by atoms with E-state index in [1.165, 1.54) is 24.9 Å². The zero-order valence-electron chi connectivity index (χ0n) is 11.8. The minimum absolute atomic E-state index is 0.271. The number of aliphatic hydroxyl groups excluding tert-OH is 1. The van der Waals surface area contributed by atoms with Crippen molar-refractivity contribution in [3.05, 3.63) is 18.3 Å². The van der Waals surface area contributed by atoms with E-state index < -0.39 is 0 Å². The number of piperidine rings is 1. The highest BCUT2D eigenvalue weighted by Crippen LogP contribution is 2.27. The van der Waals surface area contributed by atoms with Crippen LogP contribution < -0.4 is 10.2 Å². The Morgan fingerprint density at radius 3 is 3.16 bits per heavy atom. The van der Waals surface area contributed by atoms with Crippen LogP contribution in [-0.2, 0) is 0 Å². The van der Waals surface area contributed by atoms with Gasteiger partial charge in [0, 0.05) is 43.7 Å². The first kappa shape index (κ1) is 14.1. The molecular formula is C15H25N3O. The van der Waals surface area contributed by atoms with Gasteiger partial charge in [-0.2, -0.15) is 0 Å². The summed E-state index contributed by atoms with van der Waals surface area (Å²) in [6, 6.07) is 4.68. The Bertz CT molecular complexity index is 381. The predicted molar refractivity (Wildman–Crippen MR) is 79.7 cm³/mol. The number of hydrogen-bond acceptors (Lipinski definition) is 4. The van der Waals surface area contributed by atoms with Gasteiger partial charge in [0.05, 0.1) is 0 Å². The van der Waals surface area contributed by atoms with Crippen LogP contribution in [0.1, 0.15) is 39.0 Å². The molecule has 2 heterocycles. The standard InChI is InChI=1S/C15H25N3O/c1-2-8-16-15-12-14(6-9-17-15)18-10-4-3-5-13(18)7-11-19/h6,9,12-13,19H,2-5,7-8,10-11H2,1H3,(H,16,17). The summed E-state index contributed by atoms with van der Waals surface area (Å²) in [4.78, 5) is 6.78. The van der Waals surface area contributed by atoms with Crippen molar-refractivity contribution in [1.82, 2.24) is 4.98 Å². The summed E-state index contributed by atoms with van der Waals surface area (Å²) in [5.74, 6) is 0.952. The average molecular weight is 263 g/mol. The largest absolute Gasteiger partial charge is 0.396 e. The second-order valence-electron chi connectivity index (χ2n) is 5.18.